The van der Waals surface area contributed by atoms with E-state index in [4.69, 9.17) is 0 Å². The van der Waals surface area contributed by atoms with Crippen molar-refractivity contribution in [3.05, 3.63) is 34.8 Å². The number of thiazole rings is 1. The predicted molar refractivity (Wildman–Crippen MR) is 65.7 cm³/mol. The van der Waals surface area contributed by atoms with E-state index in [0.29, 0.717) is 0 Å². The standard InChI is InChI=1S/C11H16N4S/c1-12-3-2-6-15-7-4-13-10(15)9-11-14-5-8-16-11/h4-5,7-8,12H,2-3,6,9H2,1H3. The third-order valence-corrected chi connectivity index (χ3v) is 3.20. The summed E-state index contributed by atoms with van der Waals surface area (Å²) in [7, 11) is 1.98. The van der Waals surface area contributed by atoms with Crippen LogP contribution >= 0.6 is 11.3 Å². The molecule has 1 N–H and O–H groups in total. The van der Waals surface area contributed by atoms with E-state index in [0.717, 1.165) is 36.8 Å². The van der Waals surface area contributed by atoms with Gasteiger partial charge in [0.05, 0.1) is 11.4 Å². The van der Waals surface area contributed by atoms with Crippen molar-refractivity contribution >= 4 is 11.3 Å². The van der Waals surface area contributed by atoms with Gasteiger partial charge < -0.3 is 9.88 Å². The average Bonchev–Trinajstić information content (AvgIpc) is 2.92. The van der Waals surface area contributed by atoms with Crippen molar-refractivity contribution in [2.24, 2.45) is 0 Å². The highest BCUT2D eigenvalue weighted by Crippen LogP contribution is 2.10. The van der Waals surface area contributed by atoms with Crippen LogP contribution in [0.15, 0.2) is 24.0 Å². The Bertz CT molecular complexity index is 407. The number of aromatic nitrogens is 3. The van der Waals surface area contributed by atoms with Gasteiger partial charge in [-0.1, -0.05) is 0 Å². The van der Waals surface area contributed by atoms with E-state index < -0.39 is 0 Å². The van der Waals surface area contributed by atoms with E-state index in [9.17, 15) is 0 Å². The molecule has 0 amide bonds. The van der Waals surface area contributed by atoms with Crippen LogP contribution in [-0.4, -0.2) is 28.1 Å². The highest BCUT2D eigenvalue weighted by Gasteiger charge is 2.05. The molecule has 0 atom stereocenters. The van der Waals surface area contributed by atoms with Crippen molar-refractivity contribution in [2.75, 3.05) is 13.6 Å². The van der Waals surface area contributed by atoms with Crippen LogP contribution in [0.2, 0.25) is 0 Å². The van der Waals surface area contributed by atoms with E-state index in [2.05, 4.69) is 19.9 Å². The van der Waals surface area contributed by atoms with Gasteiger partial charge in [-0.3, -0.25) is 0 Å². The molecule has 0 radical (unpaired) electrons. The molecule has 0 aliphatic carbocycles. The summed E-state index contributed by atoms with van der Waals surface area (Å²) >= 11 is 1.68. The van der Waals surface area contributed by atoms with Gasteiger partial charge in [-0.15, -0.1) is 11.3 Å². The van der Waals surface area contributed by atoms with Crippen LogP contribution in [0.3, 0.4) is 0 Å². The zero-order valence-electron chi connectivity index (χ0n) is 9.39. The molecule has 0 bridgehead atoms. The molecule has 16 heavy (non-hydrogen) atoms. The maximum absolute atomic E-state index is 4.38. The molecule has 86 valence electrons. The second-order valence-electron chi connectivity index (χ2n) is 3.60. The molecular weight excluding hydrogens is 220 g/mol. The minimum atomic E-state index is 0.838. The highest BCUT2D eigenvalue weighted by atomic mass is 32.1. The Balaban J connectivity index is 1.96. The molecule has 2 heterocycles. The molecule has 2 rings (SSSR count). The van der Waals surface area contributed by atoms with Crippen LogP contribution < -0.4 is 5.32 Å². The molecule has 0 saturated heterocycles. The molecule has 0 spiro atoms. The van der Waals surface area contributed by atoms with Crippen molar-refractivity contribution in [3.63, 3.8) is 0 Å². The Morgan fingerprint density at radius 3 is 3.06 bits per heavy atom. The lowest BCUT2D eigenvalue weighted by Gasteiger charge is -2.06. The second kappa shape index (κ2) is 5.77. The predicted octanol–water partition coefficient (Wildman–Crippen LogP) is 1.54. The molecule has 4 nitrogen and oxygen atoms in total. The Morgan fingerprint density at radius 2 is 2.31 bits per heavy atom. The molecule has 5 heteroatoms. The van der Waals surface area contributed by atoms with Gasteiger partial charge in [0.15, 0.2) is 0 Å². The third kappa shape index (κ3) is 2.90. The first-order valence-electron chi connectivity index (χ1n) is 5.43. The molecule has 2 aromatic rings. The minimum Gasteiger partial charge on any atom is -0.335 e. The van der Waals surface area contributed by atoms with Gasteiger partial charge in [-0.25, -0.2) is 9.97 Å². The van der Waals surface area contributed by atoms with Crippen molar-refractivity contribution in [3.8, 4) is 0 Å². The molecule has 0 saturated carbocycles. The van der Waals surface area contributed by atoms with E-state index in [1.165, 1.54) is 0 Å². The highest BCUT2D eigenvalue weighted by molar-refractivity contribution is 7.09. The molecule has 0 fully saturated rings. The summed E-state index contributed by atoms with van der Waals surface area (Å²) in [5, 5.41) is 6.28. The van der Waals surface area contributed by atoms with Gasteiger partial charge in [0.2, 0.25) is 0 Å². The maximum Gasteiger partial charge on any atom is 0.115 e. The summed E-state index contributed by atoms with van der Waals surface area (Å²) in [6.45, 7) is 2.05. The van der Waals surface area contributed by atoms with Crippen LogP contribution in [0, 0.1) is 0 Å². The maximum atomic E-state index is 4.38. The third-order valence-electron chi connectivity index (χ3n) is 2.42. The topological polar surface area (TPSA) is 42.7 Å². The van der Waals surface area contributed by atoms with Gasteiger partial charge >= 0.3 is 0 Å². The fraction of sp³-hybridized carbons (Fsp3) is 0.455. The van der Waals surface area contributed by atoms with Gasteiger partial charge in [0, 0.05) is 30.5 Å². The fourth-order valence-corrected chi connectivity index (χ4v) is 2.23. The summed E-state index contributed by atoms with van der Waals surface area (Å²) in [4.78, 5) is 8.66. The molecule has 0 aliphatic rings. The van der Waals surface area contributed by atoms with Gasteiger partial charge in [-0.2, -0.15) is 0 Å². The average molecular weight is 236 g/mol. The van der Waals surface area contributed by atoms with Crippen molar-refractivity contribution in [1.82, 2.24) is 19.9 Å². The van der Waals surface area contributed by atoms with Crippen LogP contribution in [-0.2, 0) is 13.0 Å². The lowest BCUT2D eigenvalue weighted by molar-refractivity contribution is 0.594. The van der Waals surface area contributed by atoms with Gasteiger partial charge in [0.1, 0.15) is 5.82 Å². The van der Waals surface area contributed by atoms with Crippen molar-refractivity contribution < 1.29 is 0 Å². The van der Waals surface area contributed by atoms with Crippen LogP contribution in [0.4, 0.5) is 0 Å². The lowest BCUT2D eigenvalue weighted by Crippen LogP contribution is -2.12. The van der Waals surface area contributed by atoms with Crippen molar-refractivity contribution in [1.29, 1.82) is 0 Å². The first-order chi connectivity index (χ1) is 7.90. The molecule has 2 aromatic heterocycles. The van der Waals surface area contributed by atoms with Gasteiger partial charge in [-0.05, 0) is 20.0 Å². The Hall–Kier alpha value is -1.20. The quantitative estimate of drug-likeness (QED) is 0.774. The Kier molecular flexibility index (Phi) is 4.07. The largest absolute Gasteiger partial charge is 0.335 e. The second-order valence-corrected chi connectivity index (χ2v) is 4.58. The monoisotopic (exact) mass is 236 g/mol. The van der Waals surface area contributed by atoms with Crippen molar-refractivity contribution in [2.45, 2.75) is 19.4 Å². The SMILES string of the molecule is CNCCCn1ccnc1Cc1nccs1. The summed E-state index contributed by atoms with van der Waals surface area (Å²) in [6, 6.07) is 0. The number of aryl methyl sites for hydroxylation is 1. The number of hydrogen-bond acceptors (Lipinski definition) is 4. The molecular formula is C11H16N4S. The summed E-state index contributed by atoms with van der Waals surface area (Å²) in [5.41, 5.74) is 0. The Labute approximate surface area is 99.4 Å². The fourth-order valence-electron chi connectivity index (χ4n) is 1.61. The number of nitrogens with zero attached hydrogens (tertiary/aromatic N) is 3. The number of rotatable bonds is 6. The van der Waals surface area contributed by atoms with E-state index in [1.54, 1.807) is 11.3 Å². The summed E-state index contributed by atoms with van der Waals surface area (Å²) < 4.78 is 2.21. The normalized spacial score (nSPS) is 10.8. The smallest absolute Gasteiger partial charge is 0.115 e. The minimum absolute atomic E-state index is 0.838. The van der Waals surface area contributed by atoms with E-state index in [1.807, 2.05) is 31.0 Å². The molecule has 0 unspecified atom stereocenters. The molecule has 0 aliphatic heterocycles. The van der Waals surface area contributed by atoms with E-state index >= 15 is 0 Å². The lowest BCUT2D eigenvalue weighted by atomic mass is 10.3. The number of nitrogens with one attached hydrogen (secondary N) is 1. The zero-order chi connectivity index (χ0) is 11.2. The summed E-state index contributed by atoms with van der Waals surface area (Å²) in [6.07, 6.45) is 7.71. The van der Waals surface area contributed by atoms with E-state index in [-0.39, 0.29) is 0 Å². The first kappa shape index (κ1) is 11.3. The number of hydrogen-bond donors (Lipinski definition) is 1. The van der Waals surface area contributed by atoms with Gasteiger partial charge in [0.25, 0.3) is 0 Å². The number of imidazole rings is 1. The Morgan fingerprint density at radius 1 is 1.38 bits per heavy atom. The van der Waals surface area contributed by atoms with Crippen LogP contribution in [0.1, 0.15) is 17.3 Å². The summed E-state index contributed by atoms with van der Waals surface area (Å²) in [5.74, 6) is 1.10. The van der Waals surface area contributed by atoms with Crippen LogP contribution in [0.5, 0.6) is 0 Å². The van der Waals surface area contributed by atoms with Crippen LogP contribution in [0.25, 0.3) is 0 Å². The first-order valence-corrected chi connectivity index (χ1v) is 6.31. The molecule has 0 aromatic carbocycles. The zero-order valence-corrected chi connectivity index (χ0v) is 10.2.